The first kappa shape index (κ1) is 29.6. The largest absolute Gasteiger partial charge is 0.462 e. The SMILES string of the molecule is C=C(C(=O)[C@H](O)C1[C@@H](OC(C)=O)C[C@@]2(C)[C@@H]3CC[C@H]4[C@H](C)C(=O)C=C[C@@]45C[C@@]35CC[C@]12C)[C@@H](C)COS(=O)(=O)O. The molecule has 0 saturated heterocycles. The smallest absolute Gasteiger partial charge is 0.397 e. The van der Waals surface area contributed by atoms with Gasteiger partial charge < -0.3 is 9.84 Å². The third-order valence-corrected chi connectivity index (χ3v) is 12.8. The molecule has 0 amide bonds. The van der Waals surface area contributed by atoms with E-state index in [0.29, 0.717) is 12.3 Å². The van der Waals surface area contributed by atoms with Crippen LogP contribution in [0.15, 0.2) is 24.3 Å². The highest BCUT2D eigenvalue weighted by Gasteiger charge is 2.82. The van der Waals surface area contributed by atoms with Gasteiger partial charge in [-0.3, -0.25) is 18.9 Å². The quantitative estimate of drug-likeness (QED) is 0.249. The van der Waals surface area contributed by atoms with Gasteiger partial charge >= 0.3 is 16.4 Å². The van der Waals surface area contributed by atoms with Gasteiger partial charge in [-0.05, 0) is 83.7 Å². The van der Waals surface area contributed by atoms with Crippen LogP contribution in [0.5, 0.6) is 0 Å². The molecule has 2 spiro atoms. The van der Waals surface area contributed by atoms with Gasteiger partial charge in [0.2, 0.25) is 0 Å². The molecule has 10 heteroatoms. The molecule has 222 valence electrons. The van der Waals surface area contributed by atoms with Gasteiger partial charge in [0.15, 0.2) is 11.6 Å². The summed E-state index contributed by atoms with van der Waals surface area (Å²) in [6.07, 6.45) is 6.91. The third-order valence-electron chi connectivity index (χ3n) is 12.3. The summed E-state index contributed by atoms with van der Waals surface area (Å²) in [7, 11) is -4.70. The van der Waals surface area contributed by atoms with E-state index in [-0.39, 0.29) is 39.4 Å². The number of carbonyl (C=O) groups excluding carboxylic acids is 3. The van der Waals surface area contributed by atoms with Crippen molar-refractivity contribution < 1.29 is 41.4 Å². The zero-order valence-electron chi connectivity index (χ0n) is 24.0. The maximum absolute atomic E-state index is 13.6. The minimum atomic E-state index is -4.70. The van der Waals surface area contributed by atoms with Crippen molar-refractivity contribution in [1.29, 1.82) is 0 Å². The molecule has 40 heavy (non-hydrogen) atoms. The first-order valence-corrected chi connectivity index (χ1v) is 15.7. The zero-order chi connectivity index (χ0) is 29.6. The lowest BCUT2D eigenvalue weighted by molar-refractivity contribution is -0.158. The topological polar surface area (TPSA) is 144 Å². The number of hydrogen-bond acceptors (Lipinski definition) is 8. The second-order valence-electron chi connectivity index (χ2n) is 13.8. The van der Waals surface area contributed by atoms with Crippen molar-refractivity contribution in [2.75, 3.05) is 6.61 Å². The van der Waals surface area contributed by atoms with E-state index in [2.05, 4.69) is 37.6 Å². The number of fused-ring (bicyclic) bond motifs is 2. The lowest BCUT2D eigenvalue weighted by Crippen LogP contribution is -2.56. The van der Waals surface area contributed by atoms with Crippen molar-refractivity contribution in [3.05, 3.63) is 24.3 Å². The molecule has 11 atom stereocenters. The van der Waals surface area contributed by atoms with Gasteiger partial charge in [-0.15, -0.1) is 0 Å². The van der Waals surface area contributed by atoms with Crippen molar-refractivity contribution in [1.82, 2.24) is 0 Å². The average Bonchev–Trinajstić information content (AvgIpc) is 3.47. The van der Waals surface area contributed by atoms with E-state index in [9.17, 15) is 27.9 Å². The van der Waals surface area contributed by atoms with Crippen molar-refractivity contribution in [2.24, 2.45) is 51.2 Å². The number of carbonyl (C=O) groups is 3. The summed E-state index contributed by atoms with van der Waals surface area (Å²) in [5.74, 6) is -1.74. The number of rotatable bonds is 8. The molecular weight excluding hydrogens is 536 g/mol. The van der Waals surface area contributed by atoms with Gasteiger partial charge in [0.25, 0.3) is 0 Å². The summed E-state index contributed by atoms with van der Waals surface area (Å²) in [5.41, 5.74) is -0.803. The Kier molecular flexibility index (Phi) is 6.89. The molecule has 9 nitrogen and oxygen atoms in total. The molecule has 5 rings (SSSR count). The Bertz CT molecular complexity index is 1290. The third kappa shape index (κ3) is 4.03. The fourth-order valence-corrected chi connectivity index (χ4v) is 10.5. The maximum atomic E-state index is 13.6. The highest BCUT2D eigenvalue weighted by Crippen LogP contribution is 2.87. The Labute approximate surface area is 236 Å². The molecule has 0 heterocycles. The molecule has 5 aliphatic carbocycles. The molecule has 4 fully saturated rings. The molecule has 1 unspecified atom stereocenters. The number of ether oxygens (including phenoxy) is 1. The van der Waals surface area contributed by atoms with Crippen LogP contribution in [0.2, 0.25) is 0 Å². The van der Waals surface area contributed by atoms with Crippen LogP contribution in [0.3, 0.4) is 0 Å². The van der Waals surface area contributed by atoms with Crippen molar-refractivity contribution in [3.8, 4) is 0 Å². The van der Waals surface area contributed by atoms with E-state index in [1.165, 1.54) is 13.8 Å². The Morgan fingerprint density at radius 1 is 1.20 bits per heavy atom. The Morgan fingerprint density at radius 3 is 2.50 bits per heavy atom. The molecule has 2 N–H and O–H groups in total. The predicted octanol–water partition coefficient (Wildman–Crippen LogP) is 3.86. The fraction of sp³-hybridized carbons (Fsp3) is 0.767. The maximum Gasteiger partial charge on any atom is 0.397 e. The van der Waals surface area contributed by atoms with Crippen molar-refractivity contribution in [3.63, 3.8) is 0 Å². The van der Waals surface area contributed by atoms with Gasteiger partial charge in [-0.1, -0.05) is 40.3 Å². The number of allylic oxidation sites excluding steroid dienone is 2. The van der Waals surface area contributed by atoms with Crippen LogP contribution >= 0.6 is 0 Å². The molecule has 0 radical (unpaired) electrons. The van der Waals surface area contributed by atoms with E-state index in [0.717, 1.165) is 32.1 Å². The number of aliphatic hydroxyl groups excluding tert-OH is 1. The van der Waals surface area contributed by atoms with Crippen LogP contribution < -0.4 is 0 Å². The van der Waals surface area contributed by atoms with Crippen LogP contribution in [-0.2, 0) is 33.7 Å². The highest BCUT2D eigenvalue weighted by molar-refractivity contribution is 7.80. The summed E-state index contributed by atoms with van der Waals surface area (Å²) < 4.78 is 41.2. The van der Waals surface area contributed by atoms with Gasteiger partial charge in [0.1, 0.15) is 12.2 Å². The number of hydrogen-bond donors (Lipinski definition) is 2. The number of ketones is 2. The molecule has 0 bridgehead atoms. The predicted molar refractivity (Wildman–Crippen MR) is 145 cm³/mol. The molecule has 0 aromatic rings. The van der Waals surface area contributed by atoms with Gasteiger partial charge in [-0.25, -0.2) is 4.18 Å². The fourth-order valence-electron chi connectivity index (χ4n) is 10.2. The summed E-state index contributed by atoms with van der Waals surface area (Å²) in [6, 6.07) is 0. The second-order valence-corrected chi connectivity index (χ2v) is 14.9. The highest BCUT2D eigenvalue weighted by atomic mass is 32.3. The second kappa shape index (κ2) is 9.31. The summed E-state index contributed by atoms with van der Waals surface area (Å²) in [6.45, 7) is 12.6. The molecule has 0 aromatic heterocycles. The molecule has 5 aliphatic rings. The monoisotopic (exact) mass is 578 g/mol. The van der Waals surface area contributed by atoms with Crippen LogP contribution in [0, 0.1) is 51.2 Å². The Hall–Kier alpha value is -1.88. The van der Waals surface area contributed by atoms with E-state index < -0.39 is 58.2 Å². The van der Waals surface area contributed by atoms with Crippen LogP contribution in [0.1, 0.15) is 73.1 Å². The Morgan fingerprint density at radius 2 is 1.88 bits per heavy atom. The molecule has 0 aliphatic heterocycles. The minimum Gasteiger partial charge on any atom is -0.462 e. The van der Waals surface area contributed by atoms with Gasteiger partial charge in [0.05, 0.1) is 6.61 Å². The molecule has 4 saturated carbocycles. The first-order valence-electron chi connectivity index (χ1n) is 14.4. The summed E-state index contributed by atoms with van der Waals surface area (Å²) >= 11 is 0. The van der Waals surface area contributed by atoms with E-state index in [4.69, 9.17) is 9.29 Å². The van der Waals surface area contributed by atoms with Gasteiger partial charge in [-0.2, -0.15) is 8.42 Å². The Balaban J connectivity index is 1.46. The lowest BCUT2D eigenvalue weighted by atomic mass is 9.43. The number of esters is 1. The lowest BCUT2D eigenvalue weighted by Gasteiger charge is -2.60. The van der Waals surface area contributed by atoms with Crippen molar-refractivity contribution in [2.45, 2.75) is 85.4 Å². The van der Waals surface area contributed by atoms with Crippen molar-refractivity contribution >= 4 is 27.9 Å². The summed E-state index contributed by atoms with van der Waals surface area (Å²) in [4.78, 5) is 38.3. The normalized spacial score (nSPS) is 44.9. The van der Waals surface area contributed by atoms with Crippen LogP contribution in [0.4, 0.5) is 0 Å². The molecular formula is C30H42O9S. The average molecular weight is 579 g/mol. The van der Waals surface area contributed by atoms with E-state index in [1.54, 1.807) is 6.08 Å². The standard InChI is InChI=1S/C30H42O9S/c1-16(14-38-40(35,36)37)17(2)25(33)26(34)24-22(39-19(4)31)13-28(6)23-8-7-20-18(3)21(32)9-10-29(20)15-30(23,29)12-11-27(24,28)5/h9-10,16,18,20,22-24,26,34H,2,7-8,11-15H2,1,3-6H3,(H,35,36,37)/t16-,18-,20-,22-,23-,24?,26+,27+,28-,29+,30-/m0/s1. The van der Waals surface area contributed by atoms with Gasteiger partial charge in [0, 0.05) is 24.7 Å². The van der Waals surface area contributed by atoms with Crippen LogP contribution in [0.25, 0.3) is 0 Å². The molecule has 0 aromatic carbocycles. The number of Topliss-reactive ketones (excluding diaryl/α,β-unsaturated/α-hetero) is 1. The van der Waals surface area contributed by atoms with Crippen LogP contribution in [-0.4, -0.2) is 54.4 Å². The number of aliphatic hydroxyl groups is 1. The first-order chi connectivity index (χ1) is 18.4. The zero-order valence-corrected chi connectivity index (χ0v) is 24.8. The minimum absolute atomic E-state index is 0.00773. The van der Waals surface area contributed by atoms with E-state index in [1.807, 2.05) is 0 Å². The van der Waals surface area contributed by atoms with E-state index >= 15 is 0 Å². The summed E-state index contributed by atoms with van der Waals surface area (Å²) in [5, 5.41) is 11.6.